The molecular formula is C25H26N2O3. The summed E-state index contributed by atoms with van der Waals surface area (Å²) in [5.41, 5.74) is 1.09. The van der Waals surface area contributed by atoms with Gasteiger partial charge in [-0.3, -0.25) is 19.3 Å². The molecule has 0 bridgehead atoms. The molecule has 2 aromatic rings. The van der Waals surface area contributed by atoms with Gasteiger partial charge in [-0.15, -0.1) is 6.42 Å². The Balaban J connectivity index is 1.44. The van der Waals surface area contributed by atoms with Crippen LogP contribution in [0.25, 0.3) is 10.8 Å². The predicted octanol–water partition coefficient (Wildman–Crippen LogP) is 4.01. The molecule has 0 unspecified atom stereocenters. The van der Waals surface area contributed by atoms with Crippen LogP contribution in [0.4, 0.5) is 0 Å². The van der Waals surface area contributed by atoms with Gasteiger partial charge in [-0.05, 0) is 36.8 Å². The van der Waals surface area contributed by atoms with E-state index in [1.165, 1.54) is 11.3 Å². The van der Waals surface area contributed by atoms with E-state index in [0.29, 0.717) is 24.1 Å². The van der Waals surface area contributed by atoms with Gasteiger partial charge in [0.25, 0.3) is 11.8 Å². The quantitative estimate of drug-likeness (QED) is 0.542. The van der Waals surface area contributed by atoms with E-state index >= 15 is 0 Å². The molecule has 1 saturated carbocycles. The molecular weight excluding hydrogens is 376 g/mol. The van der Waals surface area contributed by atoms with E-state index in [1.807, 2.05) is 29.2 Å². The number of carbonyl (C=O) groups excluding carboxylic acids is 3. The van der Waals surface area contributed by atoms with Crippen LogP contribution in [-0.4, -0.2) is 46.7 Å². The normalized spacial score (nSPS) is 16.6. The Kier molecular flexibility index (Phi) is 5.85. The third-order valence-corrected chi connectivity index (χ3v) is 6.23. The lowest BCUT2D eigenvalue weighted by Crippen LogP contribution is -2.43. The van der Waals surface area contributed by atoms with Gasteiger partial charge < -0.3 is 4.90 Å². The monoisotopic (exact) mass is 402 g/mol. The summed E-state index contributed by atoms with van der Waals surface area (Å²) in [5.74, 6) is 2.05. The topological polar surface area (TPSA) is 57.7 Å². The Labute approximate surface area is 177 Å². The third kappa shape index (κ3) is 3.70. The third-order valence-electron chi connectivity index (χ3n) is 6.23. The van der Waals surface area contributed by atoms with Crippen molar-refractivity contribution >= 4 is 28.5 Å². The molecule has 0 aromatic heterocycles. The summed E-state index contributed by atoms with van der Waals surface area (Å²) in [6.45, 7) is 0.545. The van der Waals surface area contributed by atoms with Gasteiger partial charge in [0.2, 0.25) is 5.91 Å². The molecule has 4 rings (SSSR count). The van der Waals surface area contributed by atoms with Gasteiger partial charge in [0.05, 0.1) is 6.54 Å². The van der Waals surface area contributed by atoms with Crippen LogP contribution in [0, 0.1) is 12.3 Å². The van der Waals surface area contributed by atoms with Gasteiger partial charge in [0, 0.05) is 35.5 Å². The fraction of sp³-hybridized carbons (Fsp3) is 0.400. The van der Waals surface area contributed by atoms with Crippen LogP contribution in [-0.2, 0) is 4.79 Å². The zero-order valence-electron chi connectivity index (χ0n) is 17.1. The standard InChI is InChI=1S/C25H26N2O3/c1-2-16-26(19-11-4-3-5-12-19)22(28)15-8-17-27-24(29)20-13-6-9-18-10-7-14-21(23(18)20)25(27)30/h1,6-7,9-10,13-14,19H,3-5,8,11-12,15-17H2. The van der Waals surface area contributed by atoms with Crippen LogP contribution in [0.5, 0.6) is 0 Å². The van der Waals surface area contributed by atoms with Gasteiger partial charge in [-0.25, -0.2) is 0 Å². The van der Waals surface area contributed by atoms with E-state index < -0.39 is 0 Å². The zero-order valence-corrected chi connectivity index (χ0v) is 17.1. The summed E-state index contributed by atoms with van der Waals surface area (Å²) >= 11 is 0. The minimum atomic E-state index is -0.287. The van der Waals surface area contributed by atoms with Crippen molar-refractivity contribution in [2.45, 2.75) is 51.0 Å². The minimum Gasteiger partial charge on any atom is -0.329 e. The van der Waals surface area contributed by atoms with Gasteiger partial charge in [-0.1, -0.05) is 49.4 Å². The first-order valence-corrected chi connectivity index (χ1v) is 10.7. The van der Waals surface area contributed by atoms with Gasteiger partial charge in [0.15, 0.2) is 0 Å². The number of benzene rings is 2. The molecule has 1 aliphatic heterocycles. The van der Waals surface area contributed by atoms with Crippen molar-refractivity contribution in [2.75, 3.05) is 13.1 Å². The average Bonchev–Trinajstić information content (AvgIpc) is 2.78. The van der Waals surface area contributed by atoms with Crippen molar-refractivity contribution in [1.82, 2.24) is 9.80 Å². The summed E-state index contributed by atoms with van der Waals surface area (Å²) in [5, 5.41) is 1.61. The van der Waals surface area contributed by atoms with Crippen molar-refractivity contribution in [1.29, 1.82) is 0 Å². The number of amides is 3. The molecule has 1 heterocycles. The van der Waals surface area contributed by atoms with Gasteiger partial charge in [-0.2, -0.15) is 0 Å². The first kappa shape index (κ1) is 20.2. The Bertz CT molecular complexity index is 980. The van der Waals surface area contributed by atoms with Crippen molar-refractivity contribution in [3.63, 3.8) is 0 Å². The molecule has 5 nitrogen and oxygen atoms in total. The van der Waals surface area contributed by atoms with Crippen molar-refractivity contribution < 1.29 is 14.4 Å². The summed E-state index contributed by atoms with van der Waals surface area (Å²) in [6, 6.07) is 11.2. The maximum atomic E-state index is 13.0. The van der Waals surface area contributed by atoms with Crippen LogP contribution in [0.1, 0.15) is 65.7 Å². The summed E-state index contributed by atoms with van der Waals surface area (Å²) in [6.07, 6.45) is 11.7. The zero-order chi connectivity index (χ0) is 21.1. The van der Waals surface area contributed by atoms with Gasteiger partial charge >= 0.3 is 0 Å². The SMILES string of the molecule is C#CCN(C(=O)CCCN1C(=O)c2cccc3cccc(c23)C1=O)C1CCCCC1. The summed E-state index contributed by atoms with van der Waals surface area (Å²) in [7, 11) is 0. The highest BCUT2D eigenvalue weighted by atomic mass is 16.2. The second-order valence-corrected chi connectivity index (χ2v) is 8.09. The summed E-state index contributed by atoms with van der Waals surface area (Å²) in [4.78, 5) is 41.8. The first-order chi connectivity index (χ1) is 14.6. The highest BCUT2D eigenvalue weighted by Gasteiger charge is 2.32. The van der Waals surface area contributed by atoms with Crippen LogP contribution >= 0.6 is 0 Å². The molecule has 1 aliphatic carbocycles. The van der Waals surface area contributed by atoms with Crippen molar-refractivity contribution in [2.24, 2.45) is 0 Å². The molecule has 30 heavy (non-hydrogen) atoms. The van der Waals surface area contributed by atoms with Crippen LogP contribution in [0.3, 0.4) is 0 Å². The minimum absolute atomic E-state index is 0.0132. The molecule has 0 N–H and O–H groups in total. The van der Waals surface area contributed by atoms with Gasteiger partial charge in [0.1, 0.15) is 0 Å². The number of hydrogen-bond donors (Lipinski definition) is 0. The maximum Gasteiger partial charge on any atom is 0.261 e. The Hall–Kier alpha value is -3.13. The fourth-order valence-corrected chi connectivity index (χ4v) is 4.73. The lowest BCUT2D eigenvalue weighted by Gasteiger charge is -2.33. The lowest BCUT2D eigenvalue weighted by molar-refractivity contribution is -0.133. The van der Waals surface area contributed by atoms with Crippen molar-refractivity contribution in [3.05, 3.63) is 47.5 Å². The second kappa shape index (κ2) is 8.71. The highest BCUT2D eigenvalue weighted by molar-refractivity contribution is 6.25. The molecule has 1 fully saturated rings. The van der Waals surface area contributed by atoms with Crippen molar-refractivity contribution in [3.8, 4) is 12.3 Å². The average molecular weight is 402 g/mol. The van der Waals surface area contributed by atoms with E-state index in [4.69, 9.17) is 6.42 Å². The maximum absolute atomic E-state index is 13.0. The molecule has 0 atom stereocenters. The number of carbonyl (C=O) groups is 3. The molecule has 0 radical (unpaired) electrons. The fourth-order valence-electron chi connectivity index (χ4n) is 4.73. The highest BCUT2D eigenvalue weighted by Crippen LogP contribution is 2.30. The van der Waals surface area contributed by atoms with Crippen LogP contribution in [0.2, 0.25) is 0 Å². The summed E-state index contributed by atoms with van der Waals surface area (Å²) < 4.78 is 0. The number of hydrogen-bond acceptors (Lipinski definition) is 3. The van der Waals surface area contributed by atoms with E-state index in [9.17, 15) is 14.4 Å². The smallest absolute Gasteiger partial charge is 0.261 e. The second-order valence-electron chi connectivity index (χ2n) is 8.09. The largest absolute Gasteiger partial charge is 0.329 e. The van der Waals surface area contributed by atoms with E-state index in [1.54, 1.807) is 12.1 Å². The Morgan fingerprint density at radius 3 is 2.27 bits per heavy atom. The number of nitrogens with zero attached hydrogens (tertiary/aromatic N) is 2. The molecule has 0 saturated heterocycles. The first-order valence-electron chi connectivity index (χ1n) is 10.7. The molecule has 5 heteroatoms. The number of terminal acetylenes is 1. The van der Waals surface area contributed by atoms with E-state index in [-0.39, 0.29) is 36.7 Å². The van der Waals surface area contributed by atoms with Crippen LogP contribution < -0.4 is 0 Å². The Morgan fingerprint density at radius 2 is 1.67 bits per heavy atom. The predicted molar refractivity (Wildman–Crippen MR) is 116 cm³/mol. The molecule has 2 aromatic carbocycles. The molecule has 3 amide bonds. The molecule has 154 valence electrons. The van der Waals surface area contributed by atoms with E-state index in [2.05, 4.69) is 5.92 Å². The van der Waals surface area contributed by atoms with Crippen LogP contribution in [0.15, 0.2) is 36.4 Å². The molecule has 2 aliphatic rings. The Morgan fingerprint density at radius 1 is 1.03 bits per heavy atom. The lowest BCUT2D eigenvalue weighted by atomic mass is 9.93. The number of imide groups is 1. The molecule has 0 spiro atoms. The van der Waals surface area contributed by atoms with E-state index in [0.717, 1.165) is 36.5 Å². The number of rotatable bonds is 6.